The van der Waals surface area contributed by atoms with Gasteiger partial charge in [-0.3, -0.25) is 29.8 Å². The summed E-state index contributed by atoms with van der Waals surface area (Å²) in [6.45, 7) is 1.92. The smallest absolute Gasteiger partial charge is 0.224 e. The van der Waals surface area contributed by atoms with Gasteiger partial charge in [0, 0.05) is 42.3 Å². The Morgan fingerprint density at radius 1 is 1.03 bits per heavy atom. The van der Waals surface area contributed by atoms with E-state index in [1.165, 1.54) is 18.6 Å². The molecule has 10 nitrogen and oxygen atoms in total. The second-order valence-corrected chi connectivity index (χ2v) is 8.44. The molecule has 0 atom stereocenters. The molecule has 0 spiro atoms. The van der Waals surface area contributed by atoms with Gasteiger partial charge in [0.1, 0.15) is 16.9 Å². The molecular weight excluding hydrogens is 473 g/mol. The van der Waals surface area contributed by atoms with Crippen LogP contribution in [0.4, 0.5) is 10.1 Å². The first kappa shape index (κ1) is 22.4. The van der Waals surface area contributed by atoms with E-state index in [2.05, 4.69) is 40.4 Å². The van der Waals surface area contributed by atoms with Crippen LogP contribution in [0.5, 0.6) is 0 Å². The summed E-state index contributed by atoms with van der Waals surface area (Å²) in [6, 6.07) is 5.40. The monoisotopic (exact) mass is 493 g/mol. The van der Waals surface area contributed by atoms with Crippen LogP contribution >= 0.6 is 0 Å². The lowest BCUT2D eigenvalue weighted by Crippen LogP contribution is -2.10. The lowest BCUT2D eigenvalue weighted by Gasteiger charge is -2.07. The van der Waals surface area contributed by atoms with Gasteiger partial charge in [-0.1, -0.05) is 6.92 Å². The standard InChI is InChI=1S/C26H20FN9O/c1-2-3-20(37)32-16-8-15(9-29-10-16)23-22(27)21-18(13-31-23)35-36-25(21)26-33-19-12-30-11-17(24(19)34-26)14-4-6-28-7-5-14/h4-13H,2-3H2,1H3,(H,32,37)(H,33,34)(H,35,36). The van der Waals surface area contributed by atoms with Crippen LogP contribution in [0.15, 0.2) is 61.6 Å². The van der Waals surface area contributed by atoms with Crippen LogP contribution in [0.3, 0.4) is 0 Å². The maximum absolute atomic E-state index is 16.0. The van der Waals surface area contributed by atoms with Gasteiger partial charge in [-0.25, -0.2) is 9.37 Å². The number of imidazole rings is 1. The highest BCUT2D eigenvalue weighted by atomic mass is 19.1. The quantitative estimate of drug-likeness (QED) is 0.300. The maximum atomic E-state index is 16.0. The van der Waals surface area contributed by atoms with Gasteiger partial charge < -0.3 is 10.3 Å². The molecule has 3 N–H and O–H groups in total. The molecule has 37 heavy (non-hydrogen) atoms. The molecule has 0 aliphatic heterocycles. The van der Waals surface area contributed by atoms with Gasteiger partial charge in [0.2, 0.25) is 5.91 Å². The molecule has 6 heterocycles. The summed E-state index contributed by atoms with van der Waals surface area (Å²) in [7, 11) is 0. The summed E-state index contributed by atoms with van der Waals surface area (Å²) >= 11 is 0. The van der Waals surface area contributed by atoms with Crippen LogP contribution < -0.4 is 5.32 Å². The Labute approximate surface area is 209 Å². The molecule has 0 saturated heterocycles. The topological polar surface area (TPSA) is 138 Å². The second kappa shape index (κ2) is 9.19. The van der Waals surface area contributed by atoms with Crippen molar-refractivity contribution in [1.29, 1.82) is 0 Å². The predicted octanol–water partition coefficient (Wildman–Crippen LogP) is 4.90. The van der Waals surface area contributed by atoms with Crippen molar-refractivity contribution in [2.75, 3.05) is 5.32 Å². The van der Waals surface area contributed by atoms with Crippen LogP contribution in [0, 0.1) is 5.82 Å². The Morgan fingerprint density at radius 3 is 2.70 bits per heavy atom. The molecule has 0 aliphatic carbocycles. The number of pyridine rings is 4. The molecule has 0 bridgehead atoms. The van der Waals surface area contributed by atoms with E-state index in [-0.39, 0.29) is 17.0 Å². The van der Waals surface area contributed by atoms with E-state index >= 15 is 4.39 Å². The van der Waals surface area contributed by atoms with Crippen molar-refractivity contribution in [3.05, 3.63) is 67.4 Å². The summed E-state index contributed by atoms with van der Waals surface area (Å²) in [5.41, 5.74) is 4.84. The van der Waals surface area contributed by atoms with Gasteiger partial charge in [-0.05, 0) is 30.2 Å². The number of H-pyrrole nitrogens is 2. The third kappa shape index (κ3) is 4.05. The average molecular weight is 494 g/mol. The number of aromatic amines is 2. The third-order valence-electron chi connectivity index (χ3n) is 5.93. The number of hydrogen-bond acceptors (Lipinski definition) is 7. The predicted molar refractivity (Wildman–Crippen MR) is 137 cm³/mol. The molecule has 0 radical (unpaired) electrons. The molecule has 0 aliphatic rings. The molecule has 0 saturated carbocycles. The first-order chi connectivity index (χ1) is 18.1. The van der Waals surface area contributed by atoms with Gasteiger partial charge in [0.05, 0.1) is 40.7 Å². The number of hydrogen-bond donors (Lipinski definition) is 3. The van der Waals surface area contributed by atoms with Crippen LogP contribution in [0.2, 0.25) is 0 Å². The van der Waals surface area contributed by atoms with Gasteiger partial charge in [-0.15, -0.1) is 0 Å². The first-order valence-electron chi connectivity index (χ1n) is 11.6. The molecule has 182 valence electrons. The molecule has 0 fully saturated rings. The summed E-state index contributed by atoms with van der Waals surface area (Å²) < 4.78 is 16.0. The largest absolute Gasteiger partial charge is 0.335 e. The molecule has 11 heteroatoms. The normalized spacial score (nSPS) is 11.3. The van der Waals surface area contributed by atoms with Gasteiger partial charge in [-0.2, -0.15) is 5.10 Å². The fourth-order valence-corrected chi connectivity index (χ4v) is 4.23. The van der Waals surface area contributed by atoms with Crippen LogP contribution in [-0.4, -0.2) is 46.0 Å². The molecule has 0 unspecified atom stereocenters. The molecule has 6 aromatic rings. The van der Waals surface area contributed by atoms with E-state index in [1.807, 2.05) is 19.1 Å². The number of anilines is 1. The Kier molecular flexibility index (Phi) is 5.56. The van der Waals surface area contributed by atoms with Crippen LogP contribution in [0.25, 0.3) is 55.8 Å². The number of nitrogens with zero attached hydrogens (tertiary/aromatic N) is 6. The third-order valence-corrected chi connectivity index (χ3v) is 5.93. The number of carbonyl (C=O) groups is 1. The van der Waals surface area contributed by atoms with Crippen LogP contribution in [0.1, 0.15) is 19.8 Å². The van der Waals surface area contributed by atoms with Crippen molar-refractivity contribution in [1.82, 2.24) is 40.1 Å². The highest BCUT2D eigenvalue weighted by Gasteiger charge is 2.21. The molecule has 6 rings (SSSR count). The number of rotatable bonds is 6. The number of fused-ring (bicyclic) bond motifs is 2. The summed E-state index contributed by atoms with van der Waals surface area (Å²) in [6.07, 6.45) is 12.4. The maximum Gasteiger partial charge on any atom is 0.224 e. The zero-order valence-electron chi connectivity index (χ0n) is 19.7. The zero-order chi connectivity index (χ0) is 25.4. The number of amides is 1. The molecule has 1 amide bonds. The van der Waals surface area contributed by atoms with Crippen LogP contribution in [-0.2, 0) is 4.79 Å². The average Bonchev–Trinajstić information content (AvgIpc) is 3.54. The van der Waals surface area contributed by atoms with Crippen molar-refractivity contribution in [3.8, 4) is 33.9 Å². The van der Waals surface area contributed by atoms with Crippen molar-refractivity contribution in [3.63, 3.8) is 0 Å². The van der Waals surface area contributed by atoms with Crippen molar-refractivity contribution < 1.29 is 9.18 Å². The van der Waals surface area contributed by atoms with E-state index in [9.17, 15) is 4.79 Å². The Balaban J connectivity index is 1.44. The van der Waals surface area contributed by atoms with E-state index in [4.69, 9.17) is 4.98 Å². The van der Waals surface area contributed by atoms with Crippen molar-refractivity contribution in [2.24, 2.45) is 0 Å². The Morgan fingerprint density at radius 2 is 1.86 bits per heavy atom. The lowest BCUT2D eigenvalue weighted by molar-refractivity contribution is -0.116. The number of carbonyl (C=O) groups excluding carboxylic acids is 1. The van der Waals surface area contributed by atoms with Gasteiger partial charge in [0.15, 0.2) is 11.6 Å². The molecular formula is C26H20FN9O. The number of aromatic nitrogens is 8. The number of nitrogens with one attached hydrogen (secondary N) is 3. The SMILES string of the molecule is CCCC(=O)Nc1cncc(-c2ncc3n[nH]c(-c4nc5c(-c6ccncc6)cncc5[nH]4)c3c2F)c1. The first-order valence-corrected chi connectivity index (χ1v) is 11.6. The second-order valence-electron chi connectivity index (χ2n) is 8.44. The van der Waals surface area contributed by atoms with E-state index < -0.39 is 5.82 Å². The minimum Gasteiger partial charge on any atom is -0.335 e. The summed E-state index contributed by atoms with van der Waals surface area (Å²) in [5.74, 6) is -0.295. The fourth-order valence-electron chi connectivity index (χ4n) is 4.23. The van der Waals surface area contributed by atoms with Crippen molar-refractivity contribution in [2.45, 2.75) is 19.8 Å². The highest BCUT2D eigenvalue weighted by molar-refractivity contribution is 5.98. The van der Waals surface area contributed by atoms with E-state index in [0.29, 0.717) is 45.7 Å². The minimum absolute atomic E-state index is 0.0875. The Hall–Kier alpha value is -5.06. The lowest BCUT2D eigenvalue weighted by atomic mass is 10.1. The van der Waals surface area contributed by atoms with E-state index in [0.717, 1.165) is 17.5 Å². The van der Waals surface area contributed by atoms with Gasteiger partial charge in [0.25, 0.3) is 0 Å². The minimum atomic E-state index is -0.576. The number of halogens is 1. The van der Waals surface area contributed by atoms with Gasteiger partial charge >= 0.3 is 0 Å². The fraction of sp³-hybridized carbons (Fsp3) is 0.115. The molecule has 6 aromatic heterocycles. The Bertz CT molecular complexity index is 1760. The summed E-state index contributed by atoms with van der Waals surface area (Å²) in [4.78, 5) is 36.8. The highest BCUT2D eigenvalue weighted by Crippen LogP contribution is 2.34. The van der Waals surface area contributed by atoms with E-state index in [1.54, 1.807) is 30.9 Å². The zero-order valence-corrected chi connectivity index (χ0v) is 19.7. The molecule has 0 aromatic carbocycles. The summed E-state index contributed by atoms with van der Waals surface area (Å²) in [5, 5.41) is 10.1. The van der Waals surface area contributed by atoms with Crippen molar-refractivity contribution >= 4 is 33.5 Å².